The Bertz CT molecular complexity index is 561. The van der Waals surface area contributed by atoms with Crippen LogP contribution in [0.5, 0.6) is 0 Å². The number of fused-ring (bicyclic) bond motifs is 1. The van der Waals surface area contributed by atoms with Gasteiger partial charge in [-0.05, 0) is 44.2 Å². The number of β-amino-alcohol motifs (C(OH)–C–C–N with tert-alkyl or cyclic N) is 1. The standard InChI is InChI=1S/C17H23NO3/c1-10(2)8-17(5,21)9-18-15(19)13-11(3)6-7-12(4)14(13)16(18)20/h6-7,10,21H,8-9H2,1-5H3. The molecule has 1 aromatic carbocycles. The summed E-state index contributed by atoms with van der Waals surface area (Å²) in [5.41, 5.74) is 1.52. The topological polar surface area (TPSA) is 57.6 Å². The first-order valence-corrected chi connectivity index (χ1v) is 7.33. The van der Waals surface area contributed by atoms with E-state index in [1.54, 1.807) is 6.92 Å². The van der Waals surface area contributed by atoms with Crippen LogP contribution in [0.25, 0.3) is 0 Å². The molecule has 0 fully saturated rings. The molecule has 4 nitrogen and oxygen atoms in total. The summed E-state index contributed by atoms with van der Waals surface area (Å²) in [4.78, 5) is 26.3. The molecule has 2 rings (SSSR count). The average Bonchev–Trinajstić information content (AvgIpc) is 2.58. The minimum atomic E-state index is -1.07. The second-order valence-corrected chi connectivity index (χ2v) is 6.74. The summed E-state index contributed by atoms with van der Waals surface area (Å²) in [6, 6.07) is 3.71. The number of carbonyl (C=O) groups is 2. The number of carbonyl (C=O) groups excluding carboxylic acids is 2. The highest BCUT2D eigenvalue weighted by Crippen LogP contribution is 2.30. The summed E-state index contributed by atoms with van der Waals surface area (Å²) >= 11 is 0. The van der Waals surface area contributed by atoms with Crippen LogP contribution in [-0.2, 0) is 0 Å². The van der Waals surface area contributed by atoms with E-state index in [1.165, 1.54) is 4.90 Å². The van der Waals surface area contributed by atoms with Crippen molar-refractivity contribution in [3.05, 3.63) is 34.4 Å². The predicted molar refractivity (Wildman–Crippen MR) is 81.4 cm³/mol. The summed E-state index contributed by atoms with van der Waals surface area (Å²) in [5, 5.41) is 10.5. The summed E-state index contributed by atoms with van der Waals surface area (Å²) in [6.07, 6.45) is 0.540. The molecule has 4 heteroatoms. The molecule has 1 aromatic rings. The molecular weight excluding hydrogens is 266 g/mol. The molecule has 0 aromatic heterocycles. The number of nitrogens with zero attached hydrogens (tertiary/aromatic N) is 1. The number of rotatable bonds is 4. The highest BCUT2D eigenvalue weighted by Gasteiger charge is 2.41. The highest BCUT2D eigenvalue weighted by molar-refractivity contribution is 6.22. The van der Waals surface area contributed by atoms with Crippen LogP contribution >= 0.6 is 0 Å². The molecule has 0 aliphatic carbocycles. The maximum absolute atomic E-state index is 12.5. The second-order valence-electron chi connectivity index (χ2n) is 6.74. The van der Waals surface area contributed by atoms with E-state index in [9.17, 15) is 14.7 Å². The summed E-state index contributed by atoms with van der Waals surface area (Å²) in [5.74, 6) is -0.292. The Hall–Kier alpha value is -1.68. The predicted octanol–water partition coefficient (Wildman–Crippen LogP) is 2.70. The van der Waals surface area contributed by atoms with Crippen molar-refractivity contribution in [3.8, 4) is 0 Å². The Morgan fingerprint density at radius 3 is 1.90 bits per heavy atom. The molecule has 21 heavy (non-hydrogen) atoms. The zero-order valence-electron chi connectivity index (χ0n) is 13.4. The van der Waals surface area contributed by atoms with Gasteiger partial charge < -0.3 is 5.11 Å². The van der Waals surface area contributed by atoms with Crippen LogP contribution in [0.3, 0.4) is 0 Å². The Labute approximate surface area is 125 Å². The largest absolute Gasteiger partial charge is 0.388 e. The first-order valence-electron chi connectivity index (χ1n) is 7.33. The molecule has 0 spiro atoms. The van der Waals surface area contributed by atoms with Gasteiger partial charge in [0.05, 0.1) is 23.3 Å². The number of amides is 2. The maximum Gasteiger partial charge on any atom is 0.261 e. The SMILES string of the molecule is Cc1ccc(C)c2c1C(=O)N(CC(C)(O)CC(C)C)C2=O. The number of aliphatic hydroxyl groups is 1. The van der Waals surface area contributed by atoms with Gasteiger partial charge in [-0.2, -0.15) is 0 Å². The molecule has 1 atom stereocenters. The van der Waals surface area contributed by atoms with E-state index >= 15 is 0 Å². The maximum atomic E-state index is 12.5. The van der Waals surface area contributed by atoms with Crippen LogP contribution in [0.4, 0.5) is 0 Å². The fourth-order valence-electron chi connectivity index (χ4n) is 3.15. The van der Waals surface area contributed by atoms with E-state index in [0.717, 1.165) is 11.1 Å². The Balaban J connectivity index is 2.34. The first-order chi connectivity index (χ1) is 9.64. The van der Waals surface area contributed by atoms with Gasteiger partial charge in [-0.3, -0.25) is 14.5 Å². The lowest BCUT2D eigenvalue weighted by Crippen LogP contribution is -2.44. The Morgan fingerprint density at radius 1 is 1.10 bits per heavy atom. The minimum Gasteiger partial charge on any atom is -0.388 e. The number of imide groups is 1. The molecule has 1 aliphatic heterocycles. The molecule has 1 aliphatic rings. The summed E-state index contributed by atoms with van der Waals surface area (Å²) < 4.78 is 0. The van der Waals surface area contributed by atoms with Crippen molar-refractivity contribution in [2.24, 2.45) is 5.92 Å². The van der Waals surface area contributed by atoms with Crippen LogP contribution in [0.1, 0.15) is 59.0 Å². The van der Waals surface area contributed by atoms with Gasteiger partial charge in [0.15, 0.2) is 0 Å². The van der Waals surface area contributed by atoms with Crippen molar-refractivity contribution in [1.82, 2.24) is 4.90 Å². The van der Waals surface area contributed by atoms with Gasteiger partial charge in [0.25, 0.3) is 11.8 Å². The highest BCUT2D eigenvalue weighted by atomic mass is 16.3. The average molecular weight is 289 g/mol. The number of benzene rings is 1. The monoisotopic (exact) mass is 289 g/mol. The second kappa shape index (κ2) is 5.26. The third-order valence-corrected chi connectivity index (χ3v) is 3.89. The molecule has 0 bridgehead atoms. The molecule has 0 saturated heterocycles. The lowest BCUT2D eigenvalue weighted by Gasteiger charge is -2.29. The van der Waals surface area contributed by atoms with Gasteiger partial charge >= 0.3 is 0 Å². The van der Waals surface area contributed by atoms with Crippen LogP contribution < -0.4 is 0 Å². The van der Waals surface area contributed by atoms with Gasteiger partial charge in [-0.1, -0.05) is 26.0 Å². The lowest BCUT2D eigenvalue weighted by molar-refractivity contribution is 0.00695. The van der Waals surface area contributed by atoms with Crippen LogP contribution in [0, 0.1) is 19.8 Å². The Morgan fingerprint density at radius 2 is 1.52 bits per heavy atom. The zero-order chi connectivity index (χ0) is 15.9. The van der Waals surface area contributed by atoms with Crippen molar-refractivity contribution in [1.29, 1.82) is 0 Å². The van der Waals surface area contributed by atoms with E-state index < -0.39 is 5.60 Å². The van der Waals surface area contributed by atoms with Gasteiger partial charge in [-0.15, -0.1) is 0 Å². The van der Waals surface area contributed by atoms with Gasteiger partial charge in [0.2, 0.25) is 0 Å². The molecule has 1 unspecified atom stereocenters. The number of hydrogen-bond donors (Lipinski definition) is 1. The molecule has 2 amide bonds. The van der Waals surface area contributed by atoms with Gasteiger partial charge in [0, 0.05) is 0 Å². The third kappa shape index (κ3) is 2.86. The fraction of sp³-hybridized carbons (Fsp3) is 0.529. The van der Waals surface area contributed by atoms with E-state index in [2.05, 4.69) is 0 Å². The molecule has 114 valence electrons. The zero-order valence-corrected chi connectivity index (χ0v) is 13.4. The minimum absolute atomic E-state index is 0.0381. The van der Waals surface area contributed by atoms with Crippen molar-refractivity contribution in [2.45, 2.75) is 46.6 Å². The number of aryl methyl sites for hydroxylation is 2. The van der Waals surface area contributed by atoms with Gasteiger partial charge in [0.1, 0.15) is 0 Å². The van der Waals surface area contributed by atoms with Crippen molar-refractivity contribution in [2.75, 3.05) is 6.54 Å². The van der Waals surface area contributed by atoms with Crippen molar-refractivity contribution < 1.29 is 14.7 Å². The van der Waals surface area contributed by atoms with Crippen LogP contribution in [-0.4, -0.2) is 34.0 Å². The van der Waals surface area contributed by atoms with E-state index in [4.69, 9.17) is 0 Å². The molecule has 0 saturated carbocycles. The van der Waals surface area contributed by atoms with E-state index in [0.29, 0.717) is 23.5 Å². The smallest absolute Gasteiger partial charge is 0.261 e. The van der Waals surface area contributed by atoms with Crippen LogP contribution in [0.15, 0.2) is 12.1 Å². The summed E-state index contributed by atoms with van der Waals surface area (Å²) in [6.45, 7) is 9.39. The first kappa shape index (κ1) is 15.7. The van der Waals surface area contributed by atoms with Gasteiger partial charge in [-0.25, -0.2) is 0 Å². The third-order valence-electron chi connectivity index (χ3n) is 3.89. The Kier molecular flexibility index (Phi) is 3.93. The fourth-order valence-corrected chi connectivity index (χ4v) is 3.15. The molecule has 1 N–H and O–H groups in total. The van der Waals surface area contributed by atoms with Crippen molar-refractivity contribution in [3.63, 3.8) is 0 Å². The molecule has 1 heterocycles. The molecule has 0 radical (unpaired) electrons. The number of hydrogen-bond acceptors (Lipinski definition) is 3. The quantitative estimate of drug-likeness (QED) is 0.867. The normalized spacial score (nSPS) is 17.4. The molecular formula is C17H23NO3. The van der Waals surface area contributed by atoms with Crippen LogP contribution in [0.2, 0.25) is 0 Å². The van der Waals surface area contributed by atoms with E-state index in [-0.39, 0.29) is 18.4 Å². The van der Waals surface area contributed by atoms with E-state index in [1.807, 2.05) is 39.8 Å². The summed E-state index contributed by atoms with van der Waals surface area (Å²) in [7, 11) is 0. The lowest BCUT2D eigenvalue weighted by atomic mass is 9.94. The van der Waals surface area contributed by atoms with Crippen molar-refractivity contribution >= 4 is 11.8 Å².